The molecular weight excluding hydrogens is 250 g/mol. The highest BCUT2D eigenvalue weighted by Gasteiger charge is 2.03. The smallest absolute Gasteiger partial charge is 0.309 e. The molecule has 2 N–H and O–H groups in total. The molecule has 0 saturated heterocycles. The van der Waals surface area contributed by atoms with E-state index in [0.717, 1.165) is 23.1 Å². The van der Waals surface area contributed by atoms with Crippen LogP contribution in [0.1, 0.15) is 11.1 Å². The number of esters is 1. The monoisotopic (exact) mass is 269 g/mol. The van der Waals surface area contributed by atoms with Gasteiger partial charge in [-0.3, -0.25) is 4.79 Å². The molecule has 3 nitrogen and oxygen atoms in total. The van der Waals surface area contributed by atoms with Crippen molar-refractivity contribution in [1.82, 2.24) is 0 Å². The van der Waals surface area contributed by atoms with Crippen LogP contribution in [0.4, 0.5) is 0 Å². The molecule has 0 saturated carbocycles. The molecule has 0 aliphatic carbocycles. The van der Waals surface area contributed by atoms with Crippen LogP contribution in [-0.2, 0) is 22.4 Å². The number of ether oxygens (including phenoxy) is 1. The van der Waals surface area contributed by atoms with E-state index in [9.17, 15) is 4.79 Å². The second-order valence-corrected chi connectivity index (χ2v) is 4.69. The molecular formula is C17H19NO2. The summed E-state index contributed by atoms with van der Waals surface area (Å²) in [5.41, 5.74) is 10.0. The van der Waals surface area contributed by atoms with Gasteiger partial charge in [0.05, 0.1) is 13.5 Å². The average Bonchev–Trinajstić information content (AvgIpc) is 2.49. The number of methoxy groups -OCH3 is 1. The second-order valence-electron chi connectivity index (χ2n) is 4.69. The highest BCUT2D eigenvalue weighted by molar-refractivity contribution is 5.73. The van der Waals surface area contributed by atoms with Crippen LogP contribution in [0.2, 0.25) is 0 Å². The van der Waals surface area contributed by atoms with Crippen molar-refractivity contribution in [3.8, 4) is 11.1 Å². The third kappa shape index (κ3) is 3.68. The highest BCUT2D eigenvalue weighted by atomic mass is 16.5. The molecule has 0 aliphatic rings. The summed E-state index contributed by atoms with van der Waals surface area (Å²) in [4.78, 5) is 11.2. The lowest BCUT2D eigenvalue weighted by Gasteiger charge is -2.05. The molecule has 0 aromatic heterocycles. The molecule has 0 bridgehead atoms. The maximum atomic E-state index is 11.2. The molecule has 0 radical (unpaired) electrons. The third-order valence-electron chi connectivity index (χ3n) is 3.25. The lowest BCUT2D eigenvalue weighted by molar-refractivity contribution is -0.139. The molecule has 2 rings (SSSR count). The average molecular weight is 269 g/mol. The molecule has 0 unspecified atom stereocenters. The lowest BCUT2D eigenvalue weighted by Crippen LogP contribution is -2.04. The molecule has 0 heterocycles. The van der Waals surface area contributed by atoms with E-state index in [-0.39, 0.29) is 5.97 Å². The first-order valence-corrected chi connectivity index (χ1v) is 6.68. The van der Waals surface area contributed by atoms with Gasteiger partial charge >= 0.3 is 5.97 Å². The van der Waals surface area contributed by atoms with Crippen LogP contribution in [0.3, 0.4) is 0 Å². The first-order chi connectivity index (χ1) is 9.72. The molecule has 20 heavy (non-hydrogen) atoms. The van der Waals surface area contributed by atoms with Crippen LogP contribution in [-0.4, -0.2) is 19.6 Å². The van der Waals surface area contributed by atoms with Crippen LogP contribution in [0, 0.1) is 0 Å². The Morgan fingerprint density at radius 1 is 0.950 bits per heavy atom. The van der Waals surface area contributed by atoms with E-state index in [1.807, 2.05) is 24.3 Å². The fourth-order valence-electron chi connectivity index (χ4n) is 2.08. The van der Waals surface area contributed by atoms with Gasteiger partial charge in [-0.15, -0.1) is 0 Å². The van der Waals surface area contributed by atoms with Crippen molar-refractivity contribution < 1.29 is 9.53 Å². The Hall–Kier alpha value is -2.13. The van der Waals surface area contributed by atoms with Gasteiger partial charge in [0.1, 0.15) is 0 Å². The van der Waals surface area contributed by atoms with Crippen LogP contribution < -0.4 is 5.73 Å². The van der Waals surface area contributed by atoms with Crippen molar-refractivity contribution in [2.75, 3.05) is 13.7 Å². The summed E-state index contributed by atoms with van der Waals surface area (Å²) in [5, 5.41) is 0. The van der Waals surface area contributed by atoms with Crippen LogP contribution in [0.5, 0.6) is 0 Å². The zero-order valence-electron chi connectivity index (χ0n) is 11.6. The Morgan fingerprint density at radius 2 is 1.45 bits per heavy atom. The molecule has 0 atom stereocenters. The van der Waals surface area contributed by atoms with E-state index < -0.39 is 0 Å². The van der Waals surface area contributed by atoms with Crippen LogP contribution in [0.25, 0.3) is 11.1 Å². The molecule has 0 amide bonds. The Kier molecular flexibility index (Phi) is 4.91. The molecule has 2 aromatic rings. The first kappa shape index (κ1) is 14.3. The van der Waals surface area contributed by atoms with Gasteiger partial charge in [-0.2, -0.15) is 0 Å². The quantitative estimate of drug-likeness (QED) is 0.849. The fourth-order valence-corrected chi connectivity index (χ4v) is 2.08. The van der Waals surface area contributed by atoms with Crippen molar-refractivity contribution in [3.63, 3.8) is 0 Å². The van der Waals surface area contributed by atoms with Crippen molar-refractivity contribution in [3.05, 3.63) is 59.7 Å². The first-order valence-electron chi connectivity index (χ1n) is 6.68. The van der Waals surface area contributed by atoms with Gasteiger partial charge in [0.15, 0.2) is 0 Å². The minimum absolute atomic E-state index is 0.219. The zero-order chi connectivity index (χ0) is 14.4. The number of carbonyl (C=O) groups excluding carboxylic acids is 1. The largest absolute Gasteiger partial charge is 0.469 e. The van der Waals surface area contributed by atoms with E-state index >= 15 is 0 Å². The molecule has 2 aromatic carbocycles. The number of carbonyl (C=O) groups is 1. The maximum Gasteiger partial charge on any atom is 0.309 e. The molecule has 104 valence electrons. The summed E-state index contributed by atoms with van der Waals surface area (Å²) in [5.74, 6) is -0.219. The van der Waals surface area contributed by atoms with Crippen LogP contribution in [0.15, 0.2) is 48.5 Å². The number of rotatable bonds is 5. The molecule has 0 spiro atoms. The third-order valence-corrected chi connectivity index (χ3v) is 3.25. The van der Waals surface area contributed by atoms with E-state index in [4.69, 9.17) is 5.73 Å². The summed E-state index contributed by atoms with van der Waals surface area (Å²) in [6, 6.07) is 16.4. The van der Waals surface area contributed by atoms with Crippen molar-refractivity contribution in [2.24, 2.45) is 5.73 Å². The van der Waals surface area contributed by atoms with Gasteiger partial charge in [-0.05, 0) is 35.2 Å². The second kappa shape index (κ2) is 6.87. The van der Waals surface area contributed by atoms with E-state index in [1.54, 1.807) is 0 Å². The predicted octanol–water partition coefficient (Wildman–Crippen LogP) is 2.57. The summed E-state index contributed by atoms with van der Waals surface area (Å²) in [6.45, 7) is 0.668. The minimum Gasteiger partial charge on any atom is -0.469 e. The Balaban J connectivity index is 2.11. The van der Waals surface area contributed by atoms with Crippen molar-refractivity contribution in [1.29, 1.82) is 0 Å². The maximum absolute atomic E-state index is 11.2. The molecule has 3 heteroatoms. The number of benzene rings is 2. The van der Waals surface area contributed by atoms with Gasteiger partial charge in [-0.1, -0.05) is 48.5 Å². The number of hydrogen-bond acceptors (Lipinski definition) is 3. The van der Waals surface area contributed by atoms with Crippen molar-refractivity contribution in [2.45, 2.75) is 12.8 Å². The predicted molar refractivity (Wildman–Crippen MR) is 80.4 cm³/mol. The van der Waals surface area contributed by atoms with E-state index in [1.165, 1.54) is 12.7 Å². The molecule has 0 aliphatic heterocycles. The van der Waals surface area contributed by atoms with Gasteiger partial charge in [-0.25, -0.2) is 0 Å². The number of nitrogens with two attached hydrogens (primary N) is 1. The number of hydrogen-bond donors (Lipinski definition) is 1. The topological polar surface area (TPSA) is 52.3 Å². The Bertz CT molecular complexity index is 559. The molecule has 0 fully saturated rings. The Morgan fingerprint density at radius 3 is 1.90 bits per heavy atom. The summed E-state index contributed by atoms with van der Waals surface area (Å²) < 4.78 is 4.66. The minimum atomic E-state index is -0.219. The lowest BCUT2D eigenvalue weighted by atomic mass is 10.0. The van der Waals surface area contributed by atoms with Gasteiger partial charge in [0.2, 0.25) is 0 Å². The van der Waals surface area contributed by atoms with E-state index in [2.05, 4.69) is 29.0 Å². The van der Waals surface area contributed by atoms with E-state index in [0.29, 0.717) is 13.0 Å². The zero-order valence-corrected chi connectivity index (χ0v) is 11.6. The Labute approximate surface area is 119 Å². The summed E-state index contributed by atoms with van der Waals surface area (Å²) in [7, 11) is 1.40. The SMILES string of the molecule is COC(=O)Cc1ccc(-c2ccc(CCN)cc2)cc1. The van der Waals surface area contributed by atoms with Crippen LogP contribution >= 0.6 is 0 Å². The standard InChI is InChI=1S/C17H19NO2/c1-20-17(19)12-14-4-8-16(9-5-14)15-6-2-13(3-7-15)10-11-18/h2-9H,10-12,18H2,1H3. The normalized spacial score (nSPS) is 10.3. The van der Waals surface area contributed by atoms with Gasteiger partial charge in [0, 0.05) is 0 Å². The van der Waals surface area contributed by atoms with Gasteiger partial charge in [0.25, 0.3) is 0 Å². The van der Waals surface area contributed by atoms with Crippen molar-refractivity contribution >= 4 is 5.97 Å². The summed E-state index contributed by atoms with van der Waals surface area (Å²) in [6.07, 6.45) is 1.21. The fraction of sp³-hybridized carbons (Fsp3) is 0.235. The highest BCUT2D eigenvalue weighted by Crippen LogP contribution is 2.20. The summed E-state index contributed by atoms with van der Waals surface area (Å²) >= 11 is 0. The van der Waals surface area contributed by atoms with Gasteiger partial charge < -0.3 is 10.5 Å².